The maximum Gasteiger partial charge on any atom is 0.310 e. The third-order valence-corrected chi connectivity index (χ3v) is 15.1. The van der Waals surface area contributed by atoms with E-state index in [1.807, 2.05) is 0 Å². The first-order valence-electron chi connectivity index (χ1n) is 17.5. The number of aliphatic carboxylic acids is 1. The van der Waals surface area contributed by atoms with Crippen molar-refractivity contribution in [2.24, 2.45) is 44.8 Å². The molecule has 6 nitrogen and oxygen atoms in total. The Bertz CT molecular complexity index is 1600. The number of carbonyl (C=O) groups is 1. The number of aromatic amines is 1. The van der Waals surface area contributed by atoms with Gasteiger partial charge in [-0.25, -0.2) is 0 Å². The van der Waals surface area contributed by atoms with E-state index in [1.165, 1.54) is 28.0 Å². The highest BCUT2D eigenvalue weighted by Gasteiger charge is 2.70. The van der Waals surface area contributed by atoms with E-state index in [1.54, 1.807) is 0 Å². The first-order valence-corrected chi connectivity index (χ1v) is 17.5. The summed E-state index contributed by atoms with van der Waals surface area (Å²) in [5.41, 5.74) is 13.8. The summed E-state index contributed by atoms with van der Waals surface area (Å²) in [6.07, 6.45) is 8.69. The quantitative estimate of drug-likeness (QED) is 0.323. The van der Waals surface area contributed by atoms with Crippen molar-refractivity contribution in [1.82, 2.24) is 10.2 Å². The Labute approximate surface area is 270 Å². The van der Waals surface area contributed by atoms with Gasteiger partial charge in [-0.15, -0.1) is 0 Å². The molecule has 4 N–H and O–H groups in total. The smallest absolute Gasteiger partial charge is 0.310 e. The Balaban J connectivity index is 1.49. The number of benzene rings is 1. The van der Waals surface area contributed by atoms with Gasteiger partial charge in [0.2, 0.25) is 0 Å². The number of rotatable bonds is 3. The van der Waals surface area contributed by atoms with Gasteiger partial charge in [-0.2, -0.15) is 5.10 Å². The average molecular weight is 613 g/mol. The zero-order valence-corrected chi connectivity index (χ0v) is 29.2. The zero-order valence-electron chi connectivity index (χ0n) is 29.2. The fraction of sp³-hybridized carbons (Fsp3) is 0.692. The number of H-pyrrole nitrogens is 1. The Kier molecular flexibility index (Phi) is 6.46. The number of nitrogen functional groups attached to an aromatic ring is 1. The lowest BCUT2D eigenvalue weighted by molar-refractivity contribution is -0.175. The molecule has 0 radical (unpaired) electrons. The summed E-state index contributed by atoms with van der Waals surface area (Å²) in [5.74, 6) is 1.14. The molecule has 3 fully saturated rings. The van der Waals surface area contributed by atoms with Crippen LogP contribution in [0.15, 0.2) is 29.8 Å². The number of anilines is 2. The van der Waals surface area contributed by atoms with E-state index >= 15 is 0 Å². The van der Waals surface area contributed by atoms with Gasteiger partial charge >= 0.3 is 5.97 Å². The molecule has 3 unspecified atom stereocenters. The summed E-state index contributed by atoms with van der Waals surface area (Å²) in [6, 6.07) is 9.08. The summed E-state index contributed by atoms with van der Waals surface area (Å²) in [6.45, 7) is 17.3. The largest absolute Gasteiger partial charge is 0.481 e. The van der Waals surface area contributed by atoms with Crippen LogP contribution in [0.4, 0.5) is 11.5 Å². The molecule has 0 saturated heterocycles. The second-order valence-electron chi connectivity index (χ2n) is 18.2. The number of nitrogens with zero attached hydrogens (tertiary/aromatic N) is 2. The molecule has 0 amide bonds. The van der Waals surface area contributed by atoms with E-state index in [2.05, 4.69) is 96.8 Å². The molecule has 1 aromatic carbocycles. The van der Waals surface area contributed by atoms with Crippen molar-refractivity contribution in [2.75, 3.05) is 24.7 Å². The van der Waals surface area contributed by atoms with Gasteiger partial charge in [0.1, 0.15) is 5.82 Å². The summed E-state index contributed by atoms with van der Waals surface area (Å²) >= 11 is 0. The fourth-order valence-corrected chi connectivity index (χ4v) is 12.4. The molecule has 7 rings (SSSR count). The lowest BCUT2D eigenvalue weighted by atomic mass is 9.33. The first-order chi connectivity index (χ1) is 20.9. The van der Waals surface area contributed by atoms with Crippen LogP contribution in [-0.4, -0.2) is 35.4 Å². The molecular weight excluding hydrogens is 556 g/mol. The van der Waals surface area contributed by atoms with E-state index in [9.17, 15) is 9.90 Å². The van der Waals surface area contributed by atoms with Crippen LogP contribution in [0.2, 0.25) is 0 Å². The van der Waals surface area contributed by atoms with Gasteiger partial charge in [-0.3, -0.25) is 9.89 Å². The van der Waals surface area contributed by atoms with Crippen LogP contribution in [0, 0.1) is 44.8 Å². The molecule has 0 aliphatic heterocycles. The molecule has 45 heavy (non-hydrogen) atoms. The number of carboxylic acid groups (broad SMARTS) is 1. The zero-order chi connectivity index (χ0) is 32.5. The number of aromatic nitrogens is 2. The number of fused-ring (bicyclic) bond motifs is 8. The van der Waals surface area contributed by atoms with Crippen molar-refractivity contribution in [3.05, 3.63) is 46.7 Å². The fourth-order valence-electron chi connectivity index (χ4n) is 12.4. The minimum absolute atomic E-state index is 0.0353. The number of nitrogens with two attached hydrogens (primary N) is 1. The standard InChI is InChI=1S/C39H56N4O2/c1-34(2)15-17-39(33(44)45)18-16-38(7)30(27(39)22-34)25(23-11-10-12-24(19-23)43(8)9)20-29-36(5)21-26-31(41-42-32(26)40)35(3,4)28(36)13-14-37(29,38)6/h10-12,19,27-29H,13-18,20-22H2,1-9H3,(H,44,45)(H3,40,41,42)/t27?,28?,29?,36-,37+,38+,39-/m0/s1. The molecular formula is C39H56N4O2. The number of carboxylic acids is 1. The van der Waals surface area contributed by atoms with Crippen LogP contribution in [0.5, 0.6) is 0 Å². The van der Waals surface area contributed by atoms with Crippen LogP contribution in [0.25, 0.3) is 5.57 Å². The highest BCUT2D eigenvalue weighted by molar-refractivity contribution is 5.81. The molecule has 6 heteroatoms. The molecule has 1 aromatic heterocycles. The maximum absolute atomic E-state index is 13.4. The predicted molar refractivity (Wildman–Crippen MR) is 183 cm³/mol. The van der Waals surface area contributed by atoms with Gasteiger partial charge in [0.15, 0.2) is 0 Å². The van der Waals surface area contributed by atoms with Crippen LogP contribution in [-0.2, 0) is 16.6 Å². The van der Waals surface area contributed by atoms with Crippen molar-refractivity contribution >= 4 is 23.0 Å². The third-order valence-electron chi connectivity index (χ3n) is 15.1. The van der Waals surface area contributed by atoms with Crippen molar-refractivity contribution in [3.8, 4) is 0 Å². The SMILES string of the molecule is CN(C)c1cccc(C2=C3C4CC(C)(C)CC[C@]4(C(=O)O)CC[C@@]3(C)[C@]3(C)CCC4C(C)(C)c5n[nH]c(N)c5C[C@]4(C)C3C2)c1. The Morgan fingerprint density at radius 1 is 1.00 bits per heavy atom. The molecule has 3 saturated carbocycles. The van der Waals surface area contributed by atoms with Gasteiger partial charge in [0.25, 0.3) is 0 Å². The highest BCUT2D eigenvalue weighted by atomic mass is 16.4. The van der Waals surface area contributed by atoms with Crippen molar-refractivity contribution in [2.45, 2.75) is 112 Å². The van der Waals surface area contributed by atoms with Gasteiger partial charge < -0.3 is 15.7 Å². The van der Waals surface area contributed by atoms with Crippen LogP contribution < -0.4 is 10.6 Å². The van der Waals surface area contributed by atoms with Crippen molar-refractivity contribution < 1.29 is 9.90 Å². The molecule has 7 atom stereocenters. The number of hydrogen-bond acceptors (Lipinski definition) is 4. The molecule has 1 heterocycles. The average Bonchev–Trinajstić information content (AvgIpc) is 3.33. The number of allylic oxidation sites excluding steroid dienone is 2. The van der Waals surface area contributed by atoms with Crippen LogP contribution in [0.1, 0.15) is 117 Å². The van der Waals surface area contributed by atoms with Crippen LogP contribution in [0.3, 0.4) is 0 Å². The third kappa shape index (κ3) is 3.92. The van der Waals surface area contributed by atoms with E-state index < -0.39 is 11.4 Å². The van der Waals surface area contributed by atoms with Crippen molar-refractivity contribution in [1.29, 1.82) is 0 Å². The number of hydrogen-bond donors (Lipinski definition) is 3. The Morgan fingerprint density at radius 3 is 2.40 bits per heavy atom. The van der Waals surface area contributed by atoms with Gasteiger partial charge in [0, 0.05) is 30.8 Å². The minimum atomic E-state index is -0.675. The topological polar surface area (TPSA) is 95.2 Å². The molecule has 5 aliphatic carbocycles. The summed E-state index contributed by atoms with van der Waals surface area (Å²) in [4.78, 5) is 15.6. The van der Waals surface area contributed by atoms with E-state index in [0.29, 0.717) is 11.8 Å². The van der Waals surface area contributed by atoms with Crippen molar-refractivity contribution in [3.63, 3.8) is 0 Å². The summed E-state index contributed by atoms with van der Waals surface area (Å²) in [5, 5.41) is 19.0. The molecule has 5 aliphatic rings. The molecule has 2 aromatic rings. The summed E-state index contributed by atoms with van der Waals surface area (Å²) < 4.78 is 0. The maximum atomic E-state index is 13.4. The molecule has 0 bridgehead atoms. The normalized spacial score (nSPS) is 39.5. The minimum Gasteiger partial charge on any atom is -0.481 e. The lowest BCUT2D eigenvalue weighted by Gasteiger charge is -2.71. The highest BCUT2D eigenvalue weighted by Crippen LogP contribution is 2.77. The Morgan fingerprint density at radius 2 is 1.71 bits per heavy atom. The number of nitrogens with one attached hydrogen (secondary N) is 1. The van der Waals surface area contributed by atoms with Crippen LogP contribution >= 0.6 is 0 Å². The molecule has 244 valence electrons. The van der Waals surface area contributed by atoms with Gasteiger partial charge in [-0.1, -0.05) is 66.2 Å². The first kappa shape index (κ1) is 30.9. The van der Waals surface area contributed by atoms with Gasteiger partial charge in [-0.05, 0) is 120 Å². The second-order valence-corrected chi connectivity index (χ2v) is 18.2. The lowest BCUT2D eigenvalue weighted by Crippen LogP contribution is -2.65. The van der Waals surface area contributed by atoms with E-state index in [4.69, 9.17) is 10.8 Å². The van der Waals surface area contributed by atoms with Gasteiger partial charge in [0.05, 0.1) is 11.1 Å². The second kappa shape index (κ2) is 9.41. The Hall–Kier alpha value is -2.76. The predicted octanol–water partition coefficient (Wildman–Crippen LogP) is 8.49. The summed E-state index contributed by atoms with van der Waals surface area (Å²) in [7, 11) is 4.23. The molecule has 0 spiro atoms. The monoisotopic (exact) mass is 612 g/mol. The van der Waals surface area contributed by atoms with E-state index in [0.717, 1.165) is 69.3 Å². The van der Waals surface area contributed by atoms with E-state index in [-0.39, 0.29) is 33.0 Å².